The quantitative estimate of drug-likeness (QED) is 0.593. The fourth-order valence-electron chi connectivity index (χ4n) is 2.26. The minimum Gasteiger partial charge on any atom is -0.258 e. The van der Waals surface area contributed by atoms with E-state index in [0.717, 1.165) is 19.3 Å². The molecule has 0 unspecified atom stereocenters. The molecule has 1 aliphatic carbocycles. The van der Waals surface area contributed by atoms with Gasteiger partial charge in [-0.1, -0.05) is 0 Å². The van der Waals surface area contributed by atoms with Gasteiger partial charge in [-0.25, -0.2) is 4.98 Å². The summed E-state index contributed by atoms with van der Waals surface area (Å²) < 4.78 is 3.26. The lowest BCUT2D eigenvalue weighted by molar-refractivity contribution is -0.385. The average molecular weight is 248 g/mol. The van der Waals surface area contributed by atoms with Crippen LogP contribution in [0.3, 0.4) is 0 Å². The van der Waals surface area contributed by atoms with Gasteiger partial charge in [0.1, 0.15) is 24.3 Å². The maximum absolute atomic E-state index is 10.7. The van der Waals surface area contributed by atoms with Crippen LogP contribution in [0.5, 0.6) is 0 Å². The van der Waals surface area contributed by atoms with Crippen LogP contribution in [0.15, 0.2) is 18.7 Å². The van der Waals surface area contributed by atoms with Gasteiger partial charge in [-0.2, -0.15) is 10.2 Å². The van der Waals surface area contributed by atoms with Gasteiger partial charge in [-0.15, -0.1) is 0 Å². The monoisotopic (exact) mass is 248 g/mol. The van der Waals surface area contributed by atoms with Gasteiger partial charge < -0.3 is 0 Å². The van der Waals surface area contributed by atoms with E-state index in [1.165, 1.54) is 12.4 Å². The third-order valence-electron chi connectivity index (χ3n) is 3.41. The van der Waals surface area contributed by atoms with E-state index in [1.807, 2.05) is 0 Å². The van der Waals surface area contributed by atoms with E-state index in [9.17, 15) is 10.1 Å². The Balaban J connectivity index is 2.03. The first-order valence-electron chi connectivity index (χ1n) is 5.67. The second kappa shape index (κ2) is 3.62. The Morgan fingerprint density at radius 1 is 1.50 bits per heavy atom. The molecule has 2 aromatic heterocycles. The Labute approximate surface area is 102 Å². The van der Waals surface area contributed by atoms with Gasteiger partial charge in [0.2, 0.25) is 0 Å². The third-order valence-corrected chi connectivity index (χ3v) is 3.41. The van der Waals surface area contributed by atoms with Crippen molar-refractivity contribution in [2.75, 3.05) is 0 Å². The summed E-state index contributed by atoms with van der Waals surface area (Å²) in [4.78, 5) is 14.5. The minimum absolute atomic E-state index is 0.00259. The molecule has 0 saturated heterocycles. The number of hydrogen-bond acceptors (Lipinski definition) is 5. The van der Waals surface area contributed by atoms with Gasteiger partial charge in [0, 0.05) is 7.05 Å². The maximum atomic E-state index is 10.7. The molecule has 2 aromatic rings. The highest BCUT2D eigenvalue weighted by atomic mass is 16.6. The topological polar surface area (TPSA) is 91.7 Å². The first kappa shape index (κ1) is 10.9. The number of nitro groups is 1. The molecule has 0 spiro atoms. The normalized spacial score (nSPS) is 17.4. The molecular formula is C10H12N6O2. The molecule has 0 aromatic carbocycles. The SMILES string of the molecule is Cn1cnc(C2(n3cc([N+](=O)[O-])cn3)CCC2)n1. The molecule has 0 aliphatic heterocycles. The van der Waals surface area contributed by atoms with E-state index < -0.39 is 10.5 Å². The molecule has 8 heteroatoms. The molecule has 0 radical (unpaired) electrons. The largest absolute Gasteiger partial charge is 0.307 e. The fourth-order valence-corrected chi connectivity index (χ4v) is 2.26. The lowest BCUT2D eigenvalue weighted by Gasteiger charge is -2.39. The van der Waals surface area contributed by atoms with Crippen LogP contribution in [0.25, 0.3) is 0 Å². The molecule has 18 heavy (non-hydrogen) atoms. The van der Waals surface area contributed by atoms with Crippen LogP contribution >= 0.6 is 0 Å². The molecule has 94 valence electrons. The summed E-state index contributed by atoms with van der Waals surface area (Å²) in [7, 11) is 1.80. The van der Waals surface area contributed by atoms with Gasteiger partial charge in [0.25, 0.3) is 0 Å². The van der Waals surface area contributed by atoms with Crippen molar-refractivity contribution in [1.29, 1.82) is 0 Å². The number of rotatable bonds is 3. The maximum Gasteiger partial charge on any atom is 0.307 e. The predicted molar refractivity (Wildman–Crippen MR) is 60.8 cm³/mol. The molecule has 0 amide bonds. The van der Waals surface area contributed by atoms with E-state index >= 15 is 0 Å². The molecular weight excluding hydrogens is 236 g/mol. The van der Waals surface area contributed by atoms with Gasteiger partial charge in [-0.3, -0.25) is 19.5 Å². The molecule has 1 fully saturated rings. The fraction of sp³-hybridized carbons (Fsp3) is 0.500. The second-order valence-corrected chi connectivity index (χ2v) is 4.53. The van der Waals surface area contributed by atoms with Crippen molar-refractivity contribution in [2.45, 2.75) is 24.8 Å². The van der Waals surface area contributed by atoms with Gasteiger partial charge in [-0.05, 0) is 19.3 Å². The van der Waals surface area contributed by atoms with Crippen LogP contribution < -0.4 is 0 Å². The number of aryl methyl sites for hydroxylation is 1. The van der Waals surface area contributed by atoms with Crippen molar-refractivity contribution in [3.05, 3.63) is 34.7 Å². The van der Waals surface area contributed by atoms with Crippen LogP contribution in [-0.2, 0) is 12.6 Å². The number of hydrogen-bond donors (Lipinski definition) is 0. The highest BCUT2D eigenvalue weighted by Gasteiger charge is 2.45. The van der Waals surface area contributed by atoms with Gasteiger partial charge >= 0.3 is 5.69 Å². The molecule has 0 N–H and O–H groups in total. The predicted octanol–water partition coefficient (Wildman–Crippen LogP) is 0.847. The van der Waals surface area contributed by atoms with Gasteiger partial charge in [0.15, 0.2) is 5.82 Å². The standard InChI is InChI=1S/C10H12N6O2/c1-14-7-11-9(13-14)10(3-2-4-10)15-6-8(5-12-15)16(17)18/h5-7H,2-4H2,1H3. The van der Waals surface area contributed by atoms with Crippen molar-refractivity contribution >= 4 is 5.69 Å². The molecule has 0 bridgehead atoms. The zero-order chi connectivity index (χ0) is 12.8. The van der Waals surface area contributed by atoms with Crippen LogP contribution in [-0.4, -0.2) is 29.5 Å². The highest BCUT2D eigenvalue weighted by molar-refractivity contribution is 5.24. The molecule has 8 nitrogen and oxygen atoms in total. The molecule has 1 aliphatic rings. The van der Waals surface area contributed by atoms with Gasteiger partial charge in [0.05, 0.1) is 4.92 Å². The Hall–Kier alpha value is -2.25. The highest BCUT2D eigenvalue weighted by Crippen LogP contribution is 2.43. The first-order chi connectivity index (χ1) is 8.62. The Morgan fingerprint density at radius 3 is 2.72 bits per heavy atom. The first-order valence-corrected chi connectivity index (χ1v) is 5.67. The lowest BCUT2D eigenvalue weighted by Crippen LogP contribution is -2.43. The summed E-state index contributed by atoms with van der Waals surface area (Å²) in [6, 6.07) is 0. The van der Waals surface area contributed by atoms with E-state index in [-0.39, 0.29) is 5.69 Å². The van der Waals surface area contributed by atoms with Crippen LogP contribution in [0.2, 0.25) is 0 Å². The third kappa shape index (κ3) is 1.41. The van der Waals surface area contributed by atoms with Crippen molar-refractivity contribution < 1.29 is 4.92 Å². The summed E-state index contributed by atoms with van der Waals surface area (Å²) in [6.07, 6.45) is 7.11. The van der Waals surface area contributed by atoms with E-state index in [1.54, 1.807) is 22.7 Å². The number of aromatic nitrogens is 5. The summed E-state index contributed by atoms with van der Waals surface area (Å²) in [5.74, 6) is 0.675. The van der Waals surface area contributed by atoms with Crippen molar-refractivity contribution in [1.82, 2.24) is 24.5 Å². The molecule has 0 atom stereocenters. The van der Waals surface area contributed by atoms with Crippen molar-refractivity contribution in [2.24, 2.45) is 7.05 Å². The summed E-state index contributed by atoms with van der Waals surface area (Å²) in [5.41, 5.74) is -0.410. The van der Waals surface area contributed by atoms with Crippen molar-refractivity contribution in [3.8, 4) is 0 Å². The average Bonchev–Trinajstić information content (AvgIpc) is 2.87. The van der Waals surface area contributed by atoms with Crippen LogP contribution in [0.4, 0.5) is 5.69 Å². The second-order valence-electron chi connectivity index (χ2n) is 4.53. The van der Waals surface area contributed by atoms with E-state index in [0.29, 0.717) is 5.82 Å². The minimum atomic E-state index is -0.443. The summed E-state index contributed by atoms with van der Waals surface area (Å²) >= 11 is 0. The van der Waals surface area contributed by atoms with Crippen LogP contribution in [0, 0.1) is 10.1 Å². The van der Waals surface area contributed by atoms with E-state index in [4.69, 9.17) is 0 Å². The summed E-state index contributed by atoms with van der Waals surface area (Å²) in [5, 5.41) is 19.1. The Bertz CT molecular complexity index is 597. The van der Waals surface area contributed by atoms with Crippen molar-refractivity contribution in [3.63, 3.8) is 0 Å². The smallest absolute Gasteiger partial charge is 0.258 e. The van der Waals surface area contributed by atoms with Crippen LogP contribution in [0.1, 0.15) is 25.1 Å². The zero-order valence-electron chi connectivity index (χ0n) is 9.85. The van der Waals surface area contributed by atoms with E-state index in [2.05, 4.69) is 15.2 Å². The zero-order valence-corrected chi connectivity index (χ0v) is 9.85. The summed E-state index contributed by atoms with van der Waals surface area (Å²) in [6.45, 7) is 0. The number of nitrogens with zero attached hydrogens (tertiary/aromatic N) is 6. The lowest BCUT2D eigenvalue weighted by atomic mass is 9.76. The molecule has 2 heterocycles. The Kier molecular flexibility index (Phi) is 2.19. The Morgan fingerprint density at radius 2 is 2.28 bits per heavy atom. The molecule has 3 rings (SSSR count). The molecule has 1 saturated carbocycles.